The van der Waals surface area contributed by atoms with Crippen molar-refractivity contribution >= 4 is 24.2 Å². The highest BCUT2D eigenvalue weighted by Crippen LogP contribution is 2.32. The zero-order valence-electron chi connectivity index (χ0n) is 15.6. The molecule has 1 saturated carbocycles. The van der Waals surface area contributed by atoms with Gasteiger partial charge in [-0.1, -0.05) is 18.6 Å². The van der Waals surface area contributed by atoms with Gasteiger partial charge in [-0.2, -0.15) is 8.78 Å². The zero-order chi connectivity index (χ0) is 19.4. The number of benzene rings is 1. The summed E-state index contributed by atoms with van der Waals surface area (Å²) in [6, 6.07) is 5.98. The number of ether oxygens (including phenoxy) is 1. The van der Waals surface area contributed by atoms with Gasteiger partial charge in [-0.15, -0.1) is 12.4 Å². The number of nitrogens with two attached hydrogens (primary N) is 1. The van der Waals surface area contributed by atoms with Crippen molar-refractivity contribution in [1.82, 2.24) is 9.80 Å². The van der Waals surface area contributed by atoms with E-state index in [1.807, 2.05) is 0 Å². The van der Waals surface area contributed by atoms with E-state index >= 15 is 0 Å². The predicted octanol–water partition coefficient (Wildman–Crippen LogP) is 2.37. The largest absolute Gasteiger partial charge is 0.434 e. The molecule has 9 heteroatoms. The Morgan fingerprint density at radius 2 is 1.75 bits per heavy atom. The first kappa shape index (κ1) is 22.4. The lowest BCUT2D eigenvalue weighted by molar-refractivity contribution is -0.138. The molecule has 156 valence electrons. The minimum absolute atomic E-state index is 0. The summed E-state index contributed by atoms with van der Waals surface area (Å²) >= 11 is 0. The molecule has 2 aliphatic rings. The number of para-hydroxylation sites is 1. The standard InChI is InChI=1S/C19H25F2N3O3.ClH/c20-19(21)27-16-7-2-1-5-15(16)18(26)24-10-8-23(9-11-24)17(25)14-6-3-4-13(14)12-22;/h1-2,5,7,13-14,19H,3-4,6,8-12,22H2;1H/t13-,14-;/m1./s1. The highest BCUT2D eigenvalue weighted by atomic mass is 35.5. The molecule has 2 amide bonds. The van der Waals surface area contributed by atoms with Crippen LogP contribution in [0.1, 0.15) is 29.6 Å². The van der Waals surface area contributed by atoms with Crippen LogP contribution in [-0.4, -0.2) is 60.9 Å². The maximum atomic E-state index is 12.8. The Hall–Kier alpha value is -1.93. The first-order valence-corrected chi connectivity index (χ1v) is 9.33. The van der Waals surface area contributed by atoms with Crippen molar-refractivity contribution < 1.29 is 23.1 Å². The van der Waals surface area contributed by atoms with E-state index < -0.39 is 6.61 Å². The van der Waals surface area contributed by atoms with Gasteiger partial charge in [-0.05, 0) is 37.4 Å². The maximum absolute atomic E-state index is 12.8. The molecule has 1 saturated heterocycles. The number of halogens is 3. The first-order chi connectivity index (χ1) is 13.0. The summed E-state index contributed by atoms with van der Waals surface area (Å²) in [6.45, 7) is -0.848. The Balaban J connectivity index is 0.00000280. The average Bonchev–Trinajstić information content (AvgIpc) is 3.16. The highest BCUT2D eigenvalue weighted by molar-refractivity contribution is 5.97. The number of piperazine rings is 1. The van der Waals surface area contributed by atoms with E-state index in [1.54, 1.807) is 21.9 Å². The molecule has 0 bridgehead atoms. The number of hydrogen-bond acceptors (Lipinski definition) is 4. The molecule has 1 aromatic carbocycles. The van der Waals surface area contributed by atoms with E-state index in [1.165, 1.54) is 12.1 Å². The Labute approximate surface area is 169 Å². The second-order valence-electron chi connectivity index (χ2n) is 7.03. The van der Waals surface area contributed by atoms with E-state index in [0.29, 0.717) is 32.7 Å². The number of amides is 2. The van der Waals surface area contributed by atoms with Gasteiger partial charge >= 0.3 is 6.61 Å². The van der Waals surface area contributed by atoms with Gasteiger partial charge in [0, 0.05) is 32.1 Å². The molecule has 2 N–H and O–H groups in total. The Kier molecular flexibility index (Phi) is 8.00. The molecule has 3 rings (SSSR count). The smallest absolute Gasteiger partial charge is 0.387 e. The lowest BCUT2D eigenvalue weighted by atomic mass is 9.94. The van der Waals surface area contributed by atoms with Gasteiger partial charge in [0.25, 0.3) is 5.91 Å². The van der Waals surface area contributed by atoms with Crippen LogP contribution in [0.4, 0.5) is 8.78 Å². The van der Waals surface area contributed by atoms with Crippen molar-refractivity contribution in [3.8, 4) is 5.75 Å². The van der Waals surface area contributed by atoms with Gasteiger partial charge in [0.15, 0.2) is 0 Å². The maximum Gasteiger partial charge on any atom is 0.387 e. The van der Waals surface area contributed by atoms with Crippen molar-refractivity contribution in [3.05, 3.63) is 29.8 Å². The summed E-state index contributed by atoms with van der Waals surface area (Å²) in [6.07, 6.45) is 2.89. The molecule has 2 fully saturated rings. The molecule has 1 aromatic rings. The van der Waals surface area contributed by atoms with E-state index in [2.05, 4.69) is 4.74 Å². The number of alkyl halides is 2. The molecule has 0 radical (unpaired) electrons. The van der Waals surface area contributed by atoms with Crippen LogP contribution in [0.25, 0.3) is 0 Å². The number of rotatable bonds is 5. The fourth-order valence-electron chi connectivity index (χ4n) is 4.02. The number of carbonyl (C=O) groups excluding carboxylic acids is 2. The molecule has 2 atom stereocenters. The van der Waals surface area contributed by atoms with Gasteiger partial charge in [0.1, 0.15) is 5.75 Å². The van der Waals surface area contributed by atoms with E-state index in [0.717, 1.165) is 19.3 Å². The topological polar surface area (TPSA) is 75.9 Å². The third-order valence-electron chi connectivity index (χ3n) is 5.49. The molecule has 0 aromatic heterocycles. The van der Waals surface area contributed by atoms with Gasteiger partial charge in [0.2, 0.25) is 5.91 Å². The molecular weight excluding hydrogens is 392 g/mol. The highest BCUT2D eigenvalue weighted by Gasteiger charge is 2.36. The lowest BCUT2D eigenvalue weighted by Crippen LogP contribution is -2.52. The molecule has 0 unspecified atom stereocenters. The van der Waals surface area contributed by atoms with Crippen LogP contribution in [-0.2, 0) is 4.79 Å². The molecule has 28 heavy (non-hydrogen) atoms. The van der Waals surface area contributed by atoms with Gasteiger partial charge in [0.05, 0.1) is 5.56 Å². The lowest BCUT2D eigenvalue weighted by Gasteiger charge is -2.37. The molecule has 1 aliphatic carbocycles. The van der Waals surface area contributed by atoms with Crippen LogP contribution in [0.2, 0.25) is 0 Å². The van der Waals surface area contributed by atoms with Crippen molar-refractivity contribution in [2.45, 2.75) is 25.9 Å². The van der Waals surface area contributed by atoms with Crippen LogP contribution in [0.15, 0.2) is 24.3 Å². The molecule has 6 nitrogen and oxygen atoms in total. The summed E-state index contributed by atoms with van der Waals surface area (Å²) in [5.74, 6) is -0.142. The second kappa shape index (κ2) is 10.0. The van der Waals surface area contributed by atoms with Gasteiger partial charge in [-0.25, -0.2) is 0 Å². The third kappa shape index (κ3) is 4.91. The van der Waals surface area contributed by atoms with Crippen molar-refractivity contribution in [2.75, 3.05) is 32.7 Å². The average molecular weight is 418 g/mol. The first-order valence-electron chi connectivity index (χ1n) is 9.33. The normalized spacial score (nSPS) is 22.1. The van der Waals surface area contributed by atoms with Crippen molar-refractivity contribution in [2.24, 2.45) is 17.6 Å². The summed E-state index contributed by atoms with van der Waals surface area (Å²) in [4.78, 5) is 28.8. The number of hydrogen-bond donors (Lipinski definition) is 1. The van der Waals surface area contributed by atoms with Crippen LogP contribution >= 0.6 is 12.4 Å². The predicted molar refractivity (Wildman–Crippen MR) is 103 cm³/mol. The van der Waals surface area contributed by atoms with Crippen LogP contribution in [0, 0.1) is 11.8 Å². The molecule has 1 heterocycles. The summed E-state index contributed by atoms with van der Waals surface area (Å²) in [5, 5.41) is 0. The summed E-state index contributed by atoms with van der Waals surface area (Å²) < 4.78 is 29.6. The van der Waals surface area contributed by atoms with Gasteiger partial charge in [-0.3, -0.25) is 9.59 Å². The minimum Gasteiger partial charge on any atom is -0.434 e. The Bertz CT molecular complexity index is 684. The molecule has 0 spiro atoms. The van der Waals surface area contributed by atoms with Crippen LogP contribution < -0.4 is 10.5 Å². The second-order valence-corrected chi connectivity index (χ2v) is 7.03. The van der Waals surface area contributed by atoms with Crippen molar-refractivity contribution in [3.63, 3.8) is 0 Å². The number of carbonyl (C=O) groups is 2. The zero-order valence-corrected chi connectivity index (χ0v) is 16.4. The van der Waals surface area contributed by atoms with E-state index in [4.69, 9.17) is 5.73 Å². The van der Waals surface area contributed by atoms with Crippen LogP contribution in [0.3, 0.4) is 0 Å². The van der Waals surface area contributed by atoms with E-state index in [9.17, 15) is 18.4 Å². The quantitative estimate of drug-likeness (QED) is 0.798. The Morgan fingerprint density at radius 1 is 1.11 bits per heavy atom. The molecular formula is C19H26ClF2N3O3. The summed E-state index contributed by atoms with van der Waals surface area (Å²) in [7, 11) is 0. The summed E-state index contributed by atoms with van der Waals surface area (Å²) in [5.41, 5.74) is 5.89. The third-order valence-corrected chi connectivity index (χ3v) is 5.49. The fourth-order valence-corrected chi connectivity index (χ4v) is 4.02. The van der Waals surface area contributed by atoms with Crippen molar-refractivity contribution in [1.29, 1.82) is 0 Å². The number of nitrogens with zero attached hydrogens (tertiary/aromatic N) is 2. The van der Waals surface area contributed by atoms with Gasteiger partial charge < -0.3 is 20.3 Å². The molecule has 1 aliphatic heterocycles. The fraction of sp³-hybridized carbons (Fsp3) is 0.579. The Morgan fingerprint density at radius 3 is 2.39 bits per heavy atom. The monoisotopic (exact) mass is 417 g/mol. The van der Waals surface area contributed by atoms with Crippen LogP contribution in [0.5, 0.6) is 5.75 Å². The SMILES string of the molecule is Cl.NC[C@H]1CCC[C@H]1C(=O)N1CCN(C(=O)c2ccccc2OC(F)F)CC1. The van der Waals surface area contributed by atoms with E-state index in [-0.39, 0.29) is 47.4 Å². The minimum atomic E-state index is -2.99.